The molecule has 0 spiro atoms. The summed E-state index contributed by atoms with van der Waals surface area (Å²) in [6.45, 7) is 3.27. The van der Waals surface area contributed by atoms with Crippen molar-refractivity contribution in [2.24, 2.45) is 11.8 Å². The summed E-state index contributed by atoms with van der Waals surface area (Å²) in [6, 6.07) is 8.35. The van der Waals surface area contributed by atoms with Crippen molar-refractivity contribution in [1.82, 2.24) is 10.2 Å². The maximum absolute atomic E-state index is 12.6. The zero-order valence-electron chi connectivity index (χ0n) is 16.2. The van der Waals surface area contributed by atoms with Crippen molar-refractivity contribution in [2.75, 3.05) is 0 Å². The number of carbonyl (C=O) groups is 4. The van der Waals surface area contributed by atoms with Crippen LogP contribution in [0.3, 0.4) is 0 Å². The second kappa shape index (κ2) is 8.54. The van der Waals surface area contributed by atoms with Crippen LogP contribution >= 0.6 is 0 Å². The monoisotopic (exact) mass is 386 g/mol. The van der Waals surface area contributed by atoms with Gasteiger partial charge in [0.25, 0.3) is 5.91 Å². The number of benzene rings is 1. The van der Waals surface area contributed by atoms with Crippen molar-refractivity contribution in [3.05, 3.63) is 35.9 Å². The van der Waals surface area contributed by atoms with Gasteiger partial charge in [-0.2, -0.15) is 0 Å². The first kappa shape index (κ1) is 20.0. The molecule has 7 heteroatoms. The normalized spacial score (nSPS) is 23.7. The van der Waals surface area contributed by atoms with Gasteiger partial charge in [0.05, 0.1) is 11.8 Å². The number of hydrogen-bond acceptors (Lipinski definition) is 5. The highest BCUT2D eigenvalue weighted by Crippen LogP contribution is 2.38. The van der Waals surface area contributed by atoms with E-state index >= 15 is 0 Å². The summed E-state index contributed by atoms with van der Waals surface area (Å²) in [7, 11) is 0. The van der Waals surface area contributed by atoms with E-state index in [9.17, 15) is 19.2 Å². The van der Waals surface area contributed by atoms with E-state index in [1.54, 1.807) is 0 Å². The van der Waals surface area contributed by atoms with Crippen molar-refractivity contribution in [2.45, 2.75) is 58.2 Å². The number of carbonyl (C=O) groups excluding carboxylic acids is 4. The molecule has 1 saturated carbocycles. The van der Waals surface area contributed by atoms with E-state index in [0.29, 0.717) is 19.4 Å². The van der Waals surface area contributed by atoms with Crippen LogP contribution in [0.1, 0.15) is 45.1 Å². The van der Waals surface area contributed by atoms with E-state index in [-0.39, 0.29) is 23.7 Å². The summed E-state index contributed by atoms with van der Waals surface area (Å²) in [5.74, 6) is -2.40. The molecular weight excluding hydrogens is 360 g/mol. The minimum absolute atomic E-state index is 0.291. The molecule has 1 N–H and O–H groups in total. The zero-order valence-corrected chi connectivity index (χ0v) is 16.2. The number of hydrogen-bond donors (Lipinski definition) is 1. The summed E-state index contributed by atoms with van der Waals surface area (Å²) in [5.41, 5.74) is 0.929. The third-order valence-electron chi connectivity index (χ3n) is 5.58. The molecule has 4 atom stereocenters. The van der Waals surface area contributed by atoms with Crippen LogP contribution in [0.25, 0.3) is 0 Å². The van der Waals surface area contributed by atoms with Crippen LogP contribution in [0.2, 0.25) is 0 Å². The zero-order chi connectivity index (χ0) is 20.3. The van der Waals surface area contributed by atoms with Crippen molar-refractivity contribution in [1.29, 1.82) is 0 Å². The highest BCUT2D eigenvalue weighted by atomic mass is 16.5. The number of amides is 3. The average molecular weight is 386 g/mol. The first-order valence-electron chi connectivity index (χ1n) is 9.79. The maximum atomic E-state index is 12.6. The van der Waals surface area contributed by atoms with Gasteiger partial charge in [-0.05, 0) is 32.3 Å². The molecule has 2 fully saturated rings. The third-order valence-corrected chi connectivity index (χ3v) is 5.58. The SMILES string of the molecule is CC(OC(=O)[C@H](C)N1C(=O)C2CCCCC2C1=O)C(=O)NCc1ccccc1. The van der Waals surface area contributed by atoms with Gasteiger partial charge in [0, 0.05) is 6.54 Å². The largest absolute Gasteiger partial charge is 0.451 e. The molecule has 0 bridgehead atoms. The Morgan fingerprint density at radius 3 is 2.21 bits per heavy atom. The van der Waals surface area contributed by atoms with Crippen LogP contribution in [0.4, 0.5) is 0 Å². The lowest BCUT2D eigenvalue weighted by molar-refractivity contribution is -0.164. The molecule has 2 aliphatic rings. The number of likely N-dealkylation sites (tertiary alicyclic amines) is 1. The molecule has 0 aromatic heterocycles. The number of esters is 1. The molecule has 1 aliphatic carbocycles. The predicted octanol–water partition coefficient (Wildman–Crippen LogP) is 1.80. The Hall–Kier alpha value is -2.70. The number of rotatable bonds is 6. The highest BCUT2D eigenvalue weighted by Gasteiger charge is 2.51. The molecule has 1 aliphatic heterocycles. The van der Waals surface area contributed by atoms with Gasteiger partial charge in [-0.3, -0.25) is 19.3 Å². The summed E-state index contributed by atoms with van der Waals surface area (Å²) in [5, 5.41) is 2.71. The van der Waals surface area contributed by atoms with Gasteiger partial charge in [-0.25, -0.2) is 4.79 Å². The number of nitrogens with zero attached hydrogens (tertiary/aromatic N) is 1. The summed E-state index contributed by atoms with van der Waals surface area (Å²) in [6.07, 6.45) is 2.20. The van der Waals surface area contributed by atoms with Crippen molar-refractivity contribution < 1.29 is 23.9 Å². The quantitative estimate of drug-likeness (QED) is 0.594. The molecule has 28 heavy (non-hydrogen) atoms. The first-order chi connectivity index (χ1) is 13.4. The molecule has 1 saturated heterocycles. The smallest absolute Gasteiger partial charge is 0.329 e. The third kappa shape index (κ3) is 4.08. The molecule has 1 aromatic carbocycles. The van der Waals surface area contributed by atoms with Crippen LogP contribution in [-0.2, 0) is 30.5 Å². The fourth-order valence-corrected chi connectivity index (χ4v) is 3.93. The van der Waals surface area contributed by atoms with Crippen LogP contribution < -0.4 is 5.32 Å². The molecule has 3 unspecified atom stereocenters. The minimum atomic E-state index is -1.03. The Balaban J connectivity index is 1.55. The van der Waals surface area contributed by atoms with Gasteiger partial charge >= 0.3 is 5.97 Å². The Morgan fingerprint density at radius 1 is 1.07 bits per heavy atom. The van der Waals surface area contributed by atoms with Gasteiger partial charge in [-0.15, -0.1) is 0 Å². The highest BCUT2D eigenvalue weighted by molar-refractivity contribution is 6.07. The Labute approximate surface area is 164 Å². The second-order valence-corrected chi connectivity index (χ2v) is 7.50. The minimum Gasteiger partial charge on any atom is -0.451 e. The Morgan fingerprint density at radius 2 is 1.64 bits per heavy atom. The fraction of sp³-hybridized carbons (Fsp3) is 0.524. The molecule has 1 heterocycles. The molecule has 0 radical (unpaired) electrons. The van der Waals surface area contributed by atoms with E-state index in [1.165, 1.54) is 13.8 Å². The maximum Gasteiger partial charge on any atom is 0.329 e. The molecule has 7 nitrogen and oxygen atoms in total. The van der Waals surface area contributed by atoms with Gasteiger partial charge in [0.2, 0.25) is 11.8 Å². The van der Waals surface area contributed by atoms with Crippen LogP contribution in [0.15, 0.2) is 30.3 Å². The van der Waals surface area contributed by atoms with Crippen molar-refractivity contribution >= 4 is 23.7 Å². The molecule has 150 valence electrons. The van der Waals surface area contributed by atoms with E-state index in [1.807, 2.05) is 30.3 Å². The van der Waals surface area contributed by atoms with Crippen LogP contribution in [-0.4, -0.2) is 40.7 Å². The number of imide groups is 1. The standard InChI is InChI=1S/C21H26N2O5/c1-13(23-19(25)16-10-6-7-11-17(16)20(23)26)21(27)28-14(2)18(24)22-12-15-8-4-3-5-9-15/h3-5,8-9,13-14,16-17H,6-7,10-12H2,1-2H3,(H,22,24)/t13-,14?,16?,17?/m0/s1. The van der Waals surface area contributed by atoms with Gasteiger partial charge < -0.3 is 10.1 Å². The van der Waals surface area contributed by atoms with Crippen molar-refractivity contribution in [3.63, 3.8) is 0 Å². The fourth-order valence-electron chi connectivity index (χ4n) is 3.93. The van der Waals surface area contributed by atoms with E-state index in [2.05, 4.69) is 5.32 Å². The first-order valence-corrected chi connectivity index (χ1v) is 9.79. The van der Waals surface area contributed by atoms with Crippen LogP contribution in [0, 0.1) is 11.8 Å². The lowest BCUT2D eigenvalue weighted by Crippen LogP contribution is -2.46. The van der Waals surface area contributed by atoms with Crippen molar-refractivity contribution in [3.8, 4) is 0 Å². The summed E-state index contributed by atoms with van der Waals surface area (Å²) < 4.78 is 5.23. The lowest BCUT2D eigenvalue weighted by Gasteiger charge is -2.23. The number of fused-ring (bicyclic) bond motifs is 1. The molecule has 1 aromatic rings. The van der Waals surface area contributed by atoms with E-state index in [4.69, 9.17) is 4.74 Å². The number of ether oxygens (including phenoxy) is 1. The molecule has 3 amide bonds. The molecular formula is C21H26N2O5. The summed E-state index contributed by atoms with van der Waals surface area (Å²) in [4.78, 5) is 50.9. The Kier molecular flexibility index (Phi) is 6.11. The van der Waals surface area contributed by atoms with Gasteiger partial charge in [0.1, 0.15) is 6.04 Å². The second-order valence-electron chi connectivity index (χ2n) is 7.50. The topological polar surface area (TPSA) is 92.8 Å². The summed E-state index contributed by atoms with van der Waals surface area (Å²) >= 11 is 0. The number of nitrogens with one attached hydrogen (secondary N) is 1. The van der Waals surface area contributed by atoms with E-state index < -0.39 is 24.0 Å². The average Bonchev–Trinajstić information content (AvgIpc) is 2.97. The van der Waals surface area contributed by atoms with E-state index in [0.717, 1.165) is 23.3 Å². The van der Waals surface area contributed by atoms with Gasteiger partial charge in [0.15, 0.2) is 6.10 Å². The predicted molar refractivity (Wildman–Crippen MR) is 101 cm³/mol. The Bertz CT molecular complexity index is 739. The lowest BCUT2D eigenvalue weighted by atomic mass is 9.81. The molecule has 3 rings (SSSR count). The van der Waals surface area contributed by atoms with Gasteiger partial charge in [-0.1, -0.05) is 43.2 Å². The van der Waals surface area contributed by atoms with Crippen LogP contribution in [0.5, 0.6) is 0 Å².